The van der Waals surface area contributed by atoms with Crippen molar-refractivity contribution in [2.45, 2.75) is 31.0 Å². The molecule has 1 atom stereocenters. The van der Waals surface area contributed by atoms with Gasteiger partial charge in [0.05, 0.1) is 40.2 Å². The minimum absolute atomic E-state index is 0.143. The number of rotatable bonds is 6. The Morgan fingerprint density at radius 2 is 1.62 bits per heavy atom. The third-order valence-corrected chi connectivity index (χ3v) is 8.10. The molecule has 1 aromatic heterocycles. The van der Waals surface area contributed by atoms with E-state index in [1.54, 1.807) is 49.4 Å². The van der Waals surface area contributed by atoms with Crippen LogP contribution in [0.3, 0.4) is 0 Å². The molecule has 0 saturated heterocycles. The summed E-state index contributed by atoms with van der Waals surface area (Å²) in [5.41, 5.74) is 0.352. The third-order valence-electron chi connectivity index (χ3n) is 6.16. The van der Waals surface area contributed by atoms with E-state index in [-0.39, 0.29) is 16.3 Å². The van der Waals surface area contributed by atoms with Crippen LogP contribution < -0.4 is 10.3 Å². The number of methoxy groups -OCH3 is 1. The summed E-state index contributed by atoms with van der Waals surface area (Å²) >= 11 is 0. The molecule has 11 heteroatoms. The Labute approximate surface area is 211 Å². The fraction of sp³-hybridized carbons (Fsp3) is 0.231. The Morgan fingerprint density at radius 3 is 2.19 bits per heavy atom. The number of ether oxygens (including phenoxy) is 1. The summed E-state index contributed by atoms with van der Waals surface area (Å²) in [6, 6.07) is 14.1. The first kappa shape index (κ1) is 26.4. The average Bonchev–Trinajstić information content (AvgIpc) is 2.87. The minimum atomic E-state index is -4.59. The zero-order valence-electron chi connectivity index (χ0n) is 20.4. The number of aryl methyl sites for hydroxylation is 1. The number of sulfonamides is 1. The molecular weight excluding hydrogens is 507 g/mol. The Hall–Kier alpha value is -3.70. The molecule has 0 bridgehead atoms. The summed E-state index contributed by atoms with van der Waals surface area (Å²) in [5.74, 6) is 0.711. The maximum absolute atomic E-state index is 13.7. The van der Waals surface area contributed by atoms with Crippen molar-refractivity contribution in [3.05, 3.63) is 94.0 Å². The number of aromatic nitrogens is 2. The van der Waals surface area contributed by atoms with Gasteiger partial charge in [-0.05, 0) is 74.5 Å². The van der Waals surface area contributed by atoms with Crippen LogP contribution in [0.25, 0.3) is 16.6 Å². The van der Waals surface area contributed by atoms with Crippen LogP contribution in [0.5, 0.6) is 5.75 Å². The summed E-state index contributed by atoms with van der Waals surface area (Å²) in [6.45, 7) is 3.40. The van der Waals surface area contributed by atoms with Gasteiger partial charge in [-0.3, -0.25) is 9.36 Å². The topological polar surface area (TPSA) is 81.5 Å². The van der Waals surface area contributed by atoms with Crippen LogP contribution in [-0.2, 0) is 16.2 Å². The fourth-order valence-electron chi connectivity index (χ4n) is 3.93. The average molecular weight is 532 g/mol. The second kappa shape index (κ2) is 9.64. The molecule has 0 amide bonds. The van der Waals surface area contributed by atoms with E-state index < -0.39 is 27.8 Å². The lowest BCUT2D eigenvalue weighted by Gasteiger charge is -2.26. The standard InChI is InChI=1S/C26H24F3N3O4S/c1-16-5-14-23-22(15-16)25(33)32(19-8-10-20(36-4)11-9-19)24(30-23)17(2)31(3)37(34,35)21-12-6-18(7-13-21)26(27,28)29/h5-15,17H,1-4H3. The summed E-state index contributed by atoms with van der Waals surface area (Å²) < 4.78 is 73.1. The molecule has 0 aliphatic heterocycles. The molecule has 194 valence electrons. The van der Waals surface area contributed by atoms with Crippen molar-refractivity contribution in [3.8, 4) is 11.4 Å². The van der Waals surface area contributed by atoms with Gasteiger partial charge >= 0.3 is 6.18 Å². The summed E-state index contributed by atoms with van der Waals surface area (Å²) in [7, 11) is -1.44. The first-order valence-electron chi connectivity index (χ1n) is 11.2. The largest absolute Gasteiger partial charge is 0.497 e. The van der Waals surface area contributed by atoms with Crippen molar-refractivity contribution in [2.75, 3.05) is 14.2 Å². The van der Waals surface area contributed by atoms with Gasteiger partial charge in [0.15, 0.2) is 0 Å². The molecule has 0 fully saturated rings. The number of benzene rings is 3. The molecule has 0 radical (unpaired) electrons. The van der Waals surface area contributed by atoms with Gasteiger partial charge in [-0.1, -0.05) is 11.6 Å². The van der Waals surface area contributed by atoms with Crippen LogP contribution in [0.1, 0.15) is 29.9 Å². The normalized spacial score (nSPS) is 13.2. The Bertz CT molecular complexity index is 1610. The summed E-state index contributed by atoms with van der Waals surface area (Å²) in [5, 5.41) is 0.361. The molecule has 4 aromatic rings. The third kappa shape index (κ3) is 4.96. The van der Waals surface area contributed by atoms with Gasteiger partial charge in [-0.2, -0.15) is 17.5 Å². The zero-order valence-corrected chi connectivity index (χ0v) is 21.3. The van der Waals surface area contributed by atoms with Crippen molar-refractivity contribution >= 4 is 20.9 Å². The first-order chi connectivity index (χ1) is 17.3. The fourth-order valence-corrected chi connectivity index (χ4v) is 5.25. The van der Waals surface area contributed by atoms with Crippen LogP contribution in [0, 0.1) is 6.92 Å². The van der Waals surface area contributed by atoms with E-state index in [1.807, 2.05) is 6.92 Å². The minimum Gasteiger partial charge on any atom is -0.497 e. The number of nitrogens with zero attached hydrogens (tertiary/aromatic N) is 3. The number of halogens is 3. The van der Waals surface area contributed by atoms with Crippen molar-refractivity contribution < 1.29 is 26.3 Å². The Morgan fingerprint density at radius 1 is 1.00 bits per heavy atom. The van der Waals surface area contributed by atoms with Crippen LogP contribution >= 0.6 is 0 Å². The van der Waals surface area contributed by atoms with E-state index in [1.165, 1.54) is 18.7 Å². The van der Waals surface area contributed by atoms with Crippen molar-refractivity contribution in [1.29, 1.82) is 0 Å². The molecule has 0 N–H and O–H groups in total. The molecular formula is C26H24F3N3O4S. The highest BCUT2D eigenvalue weighted by molar-refractivity contribution is 7.89. The SMILES string of the molecule is COc1ccc(-n2c(C(C)N(C)S(=O)(=O)c3ccc(C(F)(F)F)cc3)nc3ccc(C)cc3c2=O)cc1. The monoisotopic (exact) mass is 531 g/mol. The van der Waals surface area contributed by atoms with Gasteiger partial charge in [0.25, 0.3) is 5.56 Å². The molecule has 7 nitrogen and oxygen atoms in total. The predicted octanol–water partition coefficient (Wildman–Crippen LogP) is 5.10. The van der Waals surface area contributed by atoms with Crippen LogP contribution in [0.4, 0.5) is 13.2 Å². The Kier molecular flexibility index (Phi) is 6.87. The number of fused-ring (bicyclic) bond motifs is 1. The maximum Gasteiger partial charge on any atom is 0.416 e. The van der Waals surface area contributed by atoms with Gasteiger partial charge < -0.3 is 4.74 Å². The van der Waals surface area contributed by atoms with Gasteiger partial charge in [0, 0.05) is 7.05 Å². The molecule has 3 aromatic carbocycles. The van der Waals surface area contributed by atoms with Gasteiger partial charge in [0.2, 0.25) is 10.0 Å². The second-order valence-electron chi connectivity index (χ2n) is 8.55. The van der Waals surface area contributed by atoms with Crippen molar-refractivity contribution in [3.63, 3.8) is 0 Å². The van der Waals surface area contributed by atoms with Crippen LogP contribution in [-0.4, -0.2) is 36.4 Å². The van der Waals surface area contributed by atoms with E-state index in [4.69, 9.17) is 4.74 Å². The highest BCUT2D eigenvalue weighted by Crippen LogP contribution is 2.32. The number of hydrogen-bond donors (Lipinski definition) is 0. The highest BCUT2D eigenvalue weighted by Gasteiger charge is 2.33. The van der Waals surface area contributed by atoms with E-state index in [9.17, 15) is 26.4 Å². The lowest BCUT2D eigenvalue weighted by Crippen LogP contribution is -2.35. The molecule has 0 saturated carbocycles. The predicted molar refractivity (Wildman–Crippen MR) is 133 cm³/mol. The Balaban J connectivity index is 1.86. The molecule has 4 rings (SSSR count). The van der Waals surface area contributed by atoms with E-state index in [0.717, 1.165) is 34.1 Å². The quantitative estimate of drug-likeness (QED) is 0.346. The first-order valence-corrected chi connectivity index (χ1v) is 12.6. The second-order valence-corrected chi connectivity index (χ2v) is 10.5. The van der Waals surface area contributed by atoms with E-state index in [0.29, 0.717) is 22.3 Å². The summed E-state index contributed by atoms with van der Waals surface area (Å²) in [6.07, 6.45) is -4.59. The molecule has 1 unspecified atom stereocenters. The van der Waals surface area contributed by atoms with Crippen molar-refractivity contribution in [2.24, 2.45) is 0 Å². The lowest BCUT2D eigenvalue weighted by molar-refractivity contribution is -0.137. The zero-order chi connectivity index (χ0) is 27.1. The van der Waals surface area contributed by atoms with Crippen molar-refractivity contribution in [1.82, 2.24) is 13.9 Å². The maximum atomic E-state index is 13.7. The molecule has 0 aliphatic rings. The number of hydrogen-bond acceptors (Lipinski definition) is 5. The number of alkyl halides is 3. The molecule has 1 heterocycles. The van der Waals surface area contributed by atoms with Gasteiger partial charge in [0.1, 0.15) is 11.6 Å². The summed E-state index contributed by atoms with van der Waals surface area (Å²) in [4.78, 5) is 18.0. The van der Waals surface area contributed by atoms with E-state index >= 15 is 0 Å². The smallest absolute Gasteiger partial charge is 0.416 e. The molecule has 37 heavy (non-hydrogen) atoms. The van der Waals surface area contributed by atoms with Gasteiger partial charge in [-0.15, -0.1) is 0 Å². The van der Waals surface area contributed by atoms with Gasteiger partial charge in [-0.25, -0.2) is 13.4 Å². The van der Waals surface area contributed by atoms with Crippen LogP contribution in [0.15, 0.2) is 76.4 Å². The molecule has 0 spiro atoms. The lowest BCUT2D eigenvalue weighted by atomic mass is 10.1. The molecule has 0 aliphatic carbocycles. The van der Waals surface area contributed by atoms with E-state index in [2.05, 4.69) is 4.98 Å². The van der Waals surface area contributed by atoms with Crippen LogP contribution in [0.2, 0.25) is 0 Å². The highest BCUT2D eigenvalue weighted by atomic mass is 32.2.